The number of methoxy groups -OCH3 is 1. The summed E-state index contributed by atoms with van der Waals surface area (Å²) in [5.74, 6) is -3.23. The van der Waals surface area contributed by atoms with Crippen molar-refractivity contribution in [1.29, 1.82) is 0 Å². The van der Waals surface area contributed by atoms with Gasteiger partial charge in [-0.15, -0.1) is 0 Å². The first-order valence-corrected chi connectivity index (χ1v) is 19.5. The Morgan fingerprint density at radius 3 is 1.98 bits per heavy atom. The molecule has 0 aromatic heterocycles. The number of aliphatic hydroxyl groups excluding tert-OH is 3. The summed E-state index contributed by atoms with van der Waals surface area (Å²) in [6.45, 7) is 17.7. The van der Waals surface area contributed by atoms with Crippen LogP contribution in [-0.4, -0.2) is 167 Å². The summed E-state index contributed by atoms with van der Waals surface area (Å²) in [7, 11) is 9.06. The minimum atomic E-state index is -1.82. The highest BCUT2D eigenvalue weighted by molar-refractivity contribution is 5.73. The average molecular weight is 763 g/mol. The number of likely N-dealkylation sites (N-methyl/N-ethyl adjacent to an activating group) is 1. The Kier molecular flexibility index (Phi) is 15.8. The van der Waals surface area contributed by atoms with Crippen molar-refractivity contribution in [3.63, 3.8) is 0 Å². The maximum absolute atomic E-state index is 14.2. The van der Waals surface area contributed by atoms with E-state index in [9.17, 15) is 30.3 Å². The molecule has 14 heteroatoms. The molecule has 3 aliphatic heterocycles. The van der Waals surface area contributed by atoms with Gasteiger partial charge in [0.25, 0.3) is 0 Å². The summed E-state index contributed by atoms with van der Waals surface area (Å²) in [5, 5.41) is 58.9. The molecule has 14 nitrogen and oxygen atoms in total. The van der Waals surface area contributed by atoms with Crippen LogP contribution in [-0.2, 0) is 33.2 Å². The van der Waals surface area contributed by atoms with Crippen LogP contribution < -0.4 is 0 Å². The standard InChI is InChI=1S/C39H74N2O12/c1-16-27-39(10,47)32(43)22(4)29(41(13)14)20(2)18-37(8,46)34(53-36-30(42)26(40(11)12)17-21(3)49-36)23(5)31(24(6)35(45)51-27)52-28-19-38(9,48-15)33(44)25(7)50-28/h20-34,36,42-44,46-47H,16-19H2,1-15H3/t20-,21?,22+,23+,24-,25?,26?,27-,28?,29+,30?,31+,32-,33?,34-,36?,37-,38?,39-/m1/s1. The fourth-order valence-electron chi connectivity index (χ4n) is 9.57. The van der Waals surface area contributed by atoms with E-state index in [1.54, 1.807) is 34.6 Å². The molecule has 3 heterocycles. The number of carbonyl (C=O) groups excluding carboxylic acids is 1. The Hall–Kier alpha value is -1.01. The topological polar surface area (TPSA) is 180 Å². The van der Waals surface area contributed by atoms with Gasteiger partial charge in [-0.25, -0.2) is 0 Å². The van der Waals surface area contributed by atoms with Crippen molar-refractivity contribution in [3.05, 3.63) is 0 Å². The number of ether oxygens (including phenoxy) is 6. The molecule has 19 atom stereocenters. The third-order valence-corrected chi connectivity index (χ3v) is 12.6. The molecule has 0 aliphatic carbocycles. The molecule has 3 aliphatic rings. The fraction of sp³-hybridized carbons (Fsp3) is 0.974. The van der Waals surface area contributed by atoms with E-state index in [1.165, 1.54) is 14.0 Å². The summed E-state index contributed by atoms with van der Waals surface area (Å²) in [6.07, 6.45) is -8.35. The number of nitrogens with zero attached hydrogens (tertiary/aromatic N) is 2. The summed E-state index contributed by atoms with van der Waals surface area (Å²) in [5.41, 5.74) is -4.45. The highest BCUT2D eigenvalue weighted by Crippen LogP contribution is 2.42. The maximum Gasteiger partial charge on any atom is 0.311 e. The molecule has 3 saturated heterocycles. The Balaban J connectivity index is 2.22. The summed E-state index contributed by atoms with van der Waals surface area (Å²) < 4.78 is 37.7. The monoisotopic (exact) mass is 763 g/mol. The zero-order valence-electron chi connectivity index (χ0n) is 35.1. The molecular weight excluding hydrogens is 688 g/mol. The van der Waals surface area contributed by atoms with Crippen molar-refractivity contribution in [2.24, 2.45) is 23.7 Å². The molecule has 3 fully saturated rings. The van der Waals surface area contributed by atoms with Crippen LogP contribution in [0.3, 0.4) is 0 Å². The Morgan fingerprint density at radius 2 is 1.45 bits per heavy atom. The molecule has 8 unspecified atom stereocenters. The lowest BCUT2D eigenvalue weighted by Gasteiger charge is -2.50. The van der Waals surface area contributed by atoms with E-state index < -0.39 is 95.8 Å². The van der Waals surface area contributed by atoms with Crippen LogP contribution >= 0.6 is 0 Å². The van der Waals surface area contributed by atoms with Crippen LogP contribution in [0.1, 0.15) is 94.9 Å². The summed E-state index contributed by atoms with van der Waals surface area (Å²) >= 11 is 0. The molecule has 0 saturated carbocycles. The molecule has 0 amide bonds. The third-order valence-electron chi connectivity index (χ3n) is 12.6. The zero-order chi connectivity index (χ0) is 40.5. The number of hydrogen-bond acceptors (Lipinski definition) is 14. The molecular formula is C39H74N2O12. The minimum absolute atomic E-state index is 0.131. The van der Waals surface area contributed by atoms with Crippen LogP contribution in [0.5, 0.6) is 0 Å². The first-order valence-electron chi connectivity index (χ1n) is 19.5. The average Bonchev–Trinajstić information content (AvgIpc) is 3.06. The van der Waals surface area contributed by atoms with Gasteiger partial charge in [-0.1, -0.05) is 27.7 Å². The van der Waals surface area contributed by atoms with Gasteiger partial charge < -0.3 is 63.8 Å². The first kappa shape index (κ1) is 46.4. The van der Waals surface area contributed by atoms with E-state index in [0.717, 1.165) is 0 Å². The second kappa shape index (κ2) is 18.1. The van der Waals surface area contributed by atoms with Crippen LogP contribution in [0.15, 0.2) is 0 Å². The van der Waals surface area contributed by atoms with Gasteiger partial charge in [0, 0.05) is 37.5 Å². The largest absolute Gasteiger partial charge is 0.459 e. The van der Waals surface area contributed by atoms with Gasteiger partial charge in [0.15, 0.2) is 12.6 Å². The van der Waals surface area contributed by atoms with E-state index in [4.69, 9.17) is 28.4 Å². The van der Waals surface area contributed by atoms with E-state index in [-0.39, 0.29) is 43.4 Å². The lowest BCUT2D eigenvalue weighted by atomic mass is 9.72. The number of hydrogen-bond donors (Lipinski definition) is 5. The van der Waals surface area contributed by atoms with Crippen LogP contribution in [0, 0.1) is 23.7 Å². The molecule has 3 rings (SSSR count). The molecule has 0 spiro atoms. The lowest BCUT2D eigenvalue weighted by Crippen LogP contribution is -2.62. The van der Waals surface area contributed by atoms with E-state index in [1.807, 2.05) is 65.7 Å². The number of carbonyl (C=O) groups is 1. The van der Waals surface area contributed by atoms with E-state index in [2.05, 4.69) is 0 Å². The second-order valence-electron chi connectivity index (χ2n) is 17.7. The predicted molar refractivity (Wildman–Crippen MR) is 199 cm³/mol. The van der Waals surface area contributed by atoms with Crippen molar-refractivity contribution in [1.82, 2.24) is 9.80 Å². The quantitative estimate of drug-likeness (QED) is 0.227. The molecule has 312 valence electrons. The van der Waals surface area contributed by atoms with Crippen molar-refractivity contribution < 1.29 is 58.7 Å². The van der Waals surface area contributed by atoms with E-state index >= 15 is 0 Å². The van der Waals surface area contributed by atoms with Gasteiger partial charge in [-0.3, -0.25) is 4.79 Å². The summed E-state index contributed by atoms with van der Waals surface area (Å²) in [6, 6.07) is -0.622. The lowest BCUT2D eigenvalue weighted by molar-refractivity contribution is -0.318. The normalized spacial score (nSPS) is 49.8. The maximum atomic E-state index is 14.2. The number of cyclic esters (lactones) is 1. The van der Waals surface area contributed by atoms with Crippen molar-refractivity contribution in [2.75, 3.05) is 35.3 Å². The molecule has 0 radical (unpaired) electrons. The Morgan fingerprint density at radius 1 is 0.849 bits per heavy atom. The van der Waals surface area contributed by atoms with Crippen LogP contribution in [0.2, 0.25) is 0 Å². The van der Waals surface area contributed by atoms with Crippen LogP contribution in [0.4, 0.5) is 0 Å². The Labute approximate surface area is 318 Å². The third kappa shape index (κ3) is 10.1. The highest BCUT2D eigenvalue weighted by Gasteiger charge is 2.53. The molecule has 5 N–H and O–H groups in total. The number of aliphatic hydroxyl groups is 5. The second-order valence-corrected chi connectivity index (χ2v) is 17.7. The van der Waals surface area contributed by atoms with Gasteiger partial charge in [0.05, 0.1) is 47.6 Å². The minimum Gasteiger partial charge on any atom is -0.459 e. The molecule has 0 bridgehead atoms. The molecule has 53 heavy (non-hydrogen) atoms. The smallest absolute Gasteiger partial charge is 0.311 e. The number of rotatable bonds is 8. The molecule has 0 aromatic rings. The van der Waals surface area contributed by atoms with Crippen LogP contribution in [0.25, 0.3) is 0 Å². The Bertz CT molecular complexity index is 1170. The SMILES string of the molecule is CC[C@H]1OC(=O)[C@H](C)[C@@H](OC2CC(C)(OC)C(O)C(C)O2)[C@H](C)[C@@H](OC2OC(C)CC(N(C)C)C2O)[C@](C)(O)C[C@@H](C)[C@H](N(C)C)[C@H](C)[C@@H](O)[C@]1(C)O. The zero-order valence-corrected chi connectivity index (χ0v) is 35.1. The van der Waals surface area contributed by atoms with Gasteiger partial charge in [0.1, 0.15) is 23.9 Å². The first-order chi connectivity index (χ1) is 24.3. The van der Waals surface area contributed by atoms with Gasteiger partial charge in [-0.05, 0) is 94.9 Å². The van der Waals surface area contributed by atoms with Crippen molar-refractivity contribution >= 4 is 5.97 Å². The van der Waals surface area contributed by atoms with Crippen molar-refractivity contribution in [2.45, 2.75) is 185 Å². The van der Waals surface area contributed by atoms with Gasteiger partial charge in [-0.2, -0.15) is 0 Å². The predicted octanol–water partition coefficient (Wildman–Crippen LogP) is 2.15. The van der Waals surface area contributed by atoms with Gasteiger partial charge >= 0.3 is 5.97 Å². The fourth-order valence-corrected chi connectivity index (χ4v) is 9.57. The van der Waals surface area contributed by atoms with Gasteiger partial charge in [0.2, 0.25) is 0 Å². The summed E-state index contributed by atoms with van der Waals surface area (Å²) in [4.78, 5) is 18.1. The highest BCUT2D eigenvalue weighted by atomic mass is 16.7. The number of esters is 1. The van der Waals surface area contributed by atoms with Crippen molar-refractivity contribution in [3.8, 4) is 0 Å². The van der Waals surface area contributed by atoms with E-state index in [0.29, 0.717) is 6.42 Å². The molecule has 0 aromatic carbocycles.